The summed E-state index contributed by atoms with van der Waals surface area (Å²) in [4.78, 5) is 10.7. The van der Waals surface area contributed by atoms with E-state index in [0.717, 1.165) is 0 Å². The Hall–Kier alpha value is -1.26. The van der Waals surface area contributed by atoms with Gasteiger partial charge in [0.2, 0.25) is 0 Å². The van der Waals surface area contributed by atoms with Crippen molar-refractivity contribution in [2.75, 3.05) is 7.11 Å². The van der Waals surface area contributed by atoms with E-state index in [1.807, 2.05) is 0 Å². The van der Waals surface area contributed by atoms with E-state index in [-0.39, 0.29) is 16.4 Å². The highest BCUT2D eigenvalue weighted by Gasteiger charge is 2.28. The molecule has 74 valence electrons. The van der Waals surface area contributed by atoms with Gasteiger partial charge in [-0.25, -0.2) is 4.79 Å². The number of halogens is 1. The first kappa shape index (κ1) is 9.83. The Bertz CT molecular complexity index is 358. The van der Waals surface area contributed by atoms with Crippen LogP contribution in [0.2, 0.25) is 0 Å². The van der Waals surface area contributed by atoms with Crippen LogP contribution in [-0.2, 0) is 5.41 Å². The molecule has 0 aliphatic rings. The Morgan fingerprint density at radius 2 is 2.00 bits per heavy atom. The molecule has 0 aliphatic carbocycles. The van der Waals surface area contributed by atoms with E-state index in [9.17, 15) is 9.28 Å². The molecule has 1 rings (SSSR count). The average molecular weight is 189 g/mol. The molecule has 0 spiro atoms. The summed E-state index contributed by atoms with van der Waals surface area (Å²) in [5.74, 6) is -1.01. The van der Waals surface area contributed by atoms with Crippen LogP contribution in [0.25, 0.3) is 0 Å². The van der Waals surface area contributed by atoms with Crippen molar-refractivity contribution in [1.82, 2.24) is 4.79 Å². The van der Waals surface area contributed by atoms with Gasteiger partial charge in [-0.2, -0.15) is 0 Å². The lowest BCUT2D eigenvalue weighted by Gasteiger charge is -2.14. The van der Waals surface area contributed by atoms with E-state index in [4.69, 9.17) is 9.15 Å². The summed E-state index contributed by atoms with van der Waals surface area (Å²) < 4.78 is 22.4. The smallest absolute Gasteiger partial charge is 0.451 e. The highest BCUT2D eigenvalue weighted by molar-refractivity contribution is 5.22. The number of aromatic nitrogens is 1. The molecule has 5 heteroatoms. The van der Waals surface area contributed by atoms with Gasteiger partial charge in [0.05, 0.1) is 7.11 Å². The fourth-order valence-corrected chi connectivity index (χ4v) is 0.990. The zero-order valence-corrected chi connectivity index (χ0v) is 8.05. The van der Waals surface area contributed by atoms with Crippen LogP contribution < -0.4 is 10.5 Å². The second-order valence-electron chi connectivity index (χ2n) is 3.74. The number of rotatable bonds is 1. The van der Waals surface area contributed by atoms with Crippen molar-refractivity contribution < 1.29 is 13.6 Å². The van der Waals surface area contributed by atoms with E-state index in [1.54, 1.807) is 20.8 Å². The van der Waals surface area contributed by atoms with Gasteiger partial charge in [-0.05, 0) is 0 Å². The number of nitrogens with zero attached hydrogens (tertiary/aromatic N) is 1. The molecule has 0 aromatic carbocycles. The third kappa shape index (κ3) is 1.59. The first-order chi connectivity index (χ1) is 5.88. The molecule has 0 saturated carbocycles. The minimum atomic E-state index is -1.05. The maximum atomic E-state index is 12.9. The molecule has 1 aromatic rings. The van der Waals surface area contributed by atoms with E-state index < -0.39 is 11.2 Å². The monoisotopic (exact) mass is 189 g/mol. The zero-order valence-electron chi connectivity index (χ0n) is 8.05. The lowest BCUT2D eigenvalue weighted by molar-refractivity contribution is 0.262. The molecule has 13 heavy (non-hydrogen) atoms. The lowest BCUT2D eigenvalue weighted by atomic mass is 9.94. The third-order valence-electron chi connectivity index (χ3n) is 1.60. The van der Waals surface area contributed by atoms with Gasteiger partial charge in [-0.15, -0.1) is 0 Å². The molecule has 0 saturated heterocycles. The molecule has 1 aromatic heterocycles. The van der Waals surface area contributed by atoms with Crippen LogP contribution in [-0.4, -0.2) is 11.9 Å². The van der Waals surface area contributed by atoms with Gasteiger partial charge in [-0.1, -0.05) is 30.0 Å². The number of methoxy groups -OCH3 is 1. The van der Waals surface area contributed by atoms with Crippen molar-refractivity contribution in [1.29, 1.82) is 0 Å². The predicted octanol–water partition coefficient (Wildman–Crippen LogP) is 1.48. The molecule has 0 bridgehead atoms. The van der Waals surface area contributed by atoms with Crippen LogP contribution in [0, 0.1) is 0 Å². The third-order valence-corrected chi connectivity index (χ3v) is 1.60. The number of hydrogen-bond acceptors (Lipinski definition) is 3. The molecule has 0 aliphatic heterocycles. The van der Waals surface area contributed by atoms with Crippen LogP contribution in [0.5, 0.6) is 5.88 Å². The normalized spacial score (nSPS) is 11.8. The highest BCUT2D eigenvalue weighted by Crippen LogP contribution is 2.30. The van der Waals surface area contributed by atoms with Crippen molar-refractivity contribution >= 4 is 0 Å². The maximum absolute atomic E-state index is 12.9. The van der Waals surface area contributed by atoms with Crippen molar-refractivity contribution in [2.24, 2.45) is 0 Å². The summed E-state index contributed by atoms with van der Waals surface area (Å²) in [6, 6.07) is 0. The van der Waals surface area contributed by atoms with Gasteiger partial charge < -0.3 is 9.15 Å². The lowest BCUT2D eigenvalue weighted by Crippen LogP contribution is -2.11. The fourth-order valence-electron chi connectivity index (χ4n) is 0.990. The van der Waals surface area contributed by atoms with Crippen molar-refractivity contribution in [3.63, 3.8) is 0 Å². The van der Waals surface area contributed by atoms with Gasteiger partial charge >= 0.3 is 5.76 Å². The Morgan fingerprint density at radius 3 is 2.31 bits per heavy atom. The summed E-state index contributed by atoms with van der Waals surface area (Å²) in [7, 11) is 1.29. The van der Waals surface area contributed by atoms with Gasteiger partial charge in [-0.3, -0.25) is 0 Å². The van der Waals surface area contributed by atoms with Gasteiger partial charge in [0.25, 0.3) is 5.88 Å². The standard InChI is InChI=1S/C8H12FNO3/c1-8(2,3)5-6(12-4)10(9)7(11)13-5/h1-4H3. The molecule has 0 atom stereocenters. The number of hydrogen-bond donors (Lipinski definition) is 0. The molecule has 0 N–H and O–H groups in total. The Morgan fingerprint density at radius 1 is 1.46 bits per heavy atom. The topological polar surface area (TPSA) is 44.4 Å². The van der Waals surface area contributed by atoms with Crippen molar-refractivity contribution in [3.8, 4) is 5.88 Å². The molecule has 0 radical (unpaired) electrons. The zero-order chi connectivity index (χ0) is 10.2. The van der Waals surface area contributed by atoms with Crippen LogP contribution in [0.1, 0.15) is 26.5 Å². The Labute approximate surface area is 74.9 Å². The highest BCUT2D eigenvalue weighted by atomic mass is 19.2. The Kier molecular flexibility index (Phi) is 2.19. The molecular formula is C8H12FNO3. The fraction of sp³-hybridized carbons (Fsp3) is 0.625. The summed E-state index contributed by atoms with van der Waals surface area (Å²) >= 11 is 0. The van der Waals surface area contributed by atoms with Crippen LogP contribution in [0.3, 0.4) is 0 Å². The van der Waals surface area contributed by atoms with Crippen LogP contribution >= 0.6 is 0 Å². The summed E-state index contributed by atoms with van der Waals surface area (Å²) in [5, 5.41) is 0. The quantitative estimate of drug-likeness (QED) is 0.672. The second-order valence-corrected chi connectivity index (χ2v) is 3.74. The van der Waals surface area contributed by atoms with Gasteiger partial charge in [0.1, 0.15) is 0 Å². The van der Waals surface area contributed by atoms with Crippen molar-refractivity contribution in [2.45, 2.75) is 26.2 Å². The number of ether oxygens (including phenoxy) is 1. The number of oxazole rings is 1. The van der Waals surface area contributed by atoms with E-state index in [2.05, 4.69) is 0 Å². The average Bonchev–Trinajstić information content (AvgIpc) is 2.28. The summed E-state index contributed by atoms with van der Waals surface area (Å²) in [6.45, 7) is 5.40. The minimum absolute atomic E-state index is 0.138. The SMILES string of the molecule is COc1c(C(C)(C)C)oc(=O)n1F. The molecule has 0 fully saturated rings. The molecular weight excluding hydrogens is 177 g/mol. The molecule has 0 amide bonds. The first-order valence-electron chi connectivity index (χ1n) is 3.84. The Balaban J connectivity index is 3.39. The maximum Gasteiger partial charge on any atom is 0.451 e. The summed E-state index contributed by atoms with van der Waals surface area (Å²) in [5.41, 5.74) is -0.457. The van der Waals surface area contributed by atoms with E-state index in [1.165, 1.54) is 7.11 Å². The van der Waals surface area contributed by atoms with E-state index in [0.29, 0.717) is 0 Å². The van der Waals surface area contributed by atoms with Gasteiger partial charge in [0.15, 0.2) is 5.76 Å². The summed E-state index contributed by atoms with van der Waals surface area (Å²) in [6.07, 6.45) is 0. The first-order valence-corrected chi connectivity index (χ1v) is 3.84. The van der Waals surface area contributed by atoms with Crippen LogP contribution in [0.15, 0.2) is 9.21 Å². The van der Waals surface area contributed by atoms with Gasteiger partial charge in [0, 0.05) is 5.41 Å². The van der Waals surface area contributed by atoms with E-state index >= 15 is 0 Å². The minimum Gasteiger partial charge on any atom is -0.478 e. The molecule has 4 nitrogen and oxygen atoms in total. The molecule has 0 unspecified atom stereocenters. The largest absolute Gasteiger partial charge is 0.478 e. The van der Waals surface area contributed by atoms with Crippen LogP contribution in [0.4, 0.5) is 4.48 Å². The predicted molar refractivity (Wildman–Crippen MR) is 44.7 cm³/mol. The second kappa shape index (κ2) is 2.90. The molecule has 1 heterocycles. The van der Waals surface area contributed by atoms with Crippen molar-refractivity contribution in [3.05, 3.63) is 16.3 Å².